The van der Waals surface area contributed by atoms with Crippen molar-refractivity contribution in [1.82, 2.24) is 9.97 Å². The molecule has 2 aromatic rings. The van der Waals surface area contributed by atoms with Crippen LogP contribution in [-0.4, -0.2) is 27.2 Å². The standard InChI is InChI=1S/C13H18ClN3OS/c1-4-13(3,5-6-18)17-10-9-7-8(2)19-11(9)16-12(14)15-10/h7,18H,4-6H2,1-3H3,(H,15,16,17). The fourth-order valence-corrected chi connectivity index (χ4v) is 3.07. The number of nitrogens with one attached hydrogen (secondary N) is 1. The van der Waals surface area contributed by atoms with Gasteiger partial charge in [0.05, 0.1) is 5.39 Å². The van der Waals surface area contributed by atoms with E-state index in [1.165, 1.54) is 4.88 Å². The molecule has 19 heavy (non-hydrogen) atoms. The molecule has 0 aromatic carbocycles. The van der Waals surface area contributed by atoms with Crippen molar-refractivity contribution < 1.29 is 5.11 Å². The lowest BCUT2D eigenvalue weighted by atomic mass is 9.95. The second-order valence-corrected chi connectivity index (χ2v) is 6.50. The number of aliphatic hydroxyl groups is 1. The Morgan fingerprint density at radius 1 is 1.47 bits per heavy atom. The smallest absolute Gasteiger partial charge is 0.225 e. The molecule has 6 heteroatoms. The molecule has 0 bridgehead atoms. The van der Waals surface area contributed by atoms with Gasteiger partial charge < -0.3 is 10.4 Å². The van der Waals surface area contributed by atoms with E-state index in [4.69, 9.17) is 11.6 Å². The molecule has 0 aliphatic carbocycles. The van der Waals surface area contributed by atoms with E-state index in [0.29, 0.717) is 6.42 Å². The first kappa shape index (κ1) is 14.5. The Bertz CT molecular complexity index is 587. The van der Waals surface area contributed by atoms with E-state index in [9.17, 15) is 5.11 Å². The maximum absolute atomic E-state index is 9.19. The normalized spacial score (nSPS) is 14.6. The fraction of sp³-hybridized carbons (Fsp3) is 0.538. The molecule has 0 radical (unpaired) electrons. The van der Waals surface area contributed by atoms with Gasteiger partial charge in [-0.3, -0.25) is 0 Å². The highest BCUT2D eigenvalue weighted by Crippen LogP contribution is 2.32. The van der Waals surface area contributed by atoms with Gasteiger partial charge in [0.15, 0.2) is 0 Å². The molecule has 2 heterocycles. The van der Waals surface area contributed by atoms with Crippen molar-refractivity contribution in [3.63, 3.8) is 0 Å². The summed E-state index contributed by atoms with van der Waals surface area (Å²) in [6, 6.07) is 2.06. The van der Waals surface area contributed by atoms with Gasteiger partial charge in [-0.25, -0.2) is 9.97 Å². The monoisotopic (exact) mass is 299 g/mol. The summed E-state index contributed by atoms with van der Waals surface area (Å²) < 4.78 is 0. The molecule has 1 atom stereocenters. The van der Waals surface area contributed by atoms with Gasteiger partial charge in [0.1, 0.15) is 10.6 Å². The van der Waals surface area contributed by atoms with Crippen molar-refractivity contribution in [2.24, 2.45) is 0 Å². The minimum absolute atomic E-state index is 0.141. The second kappa shape index (κ2) is 5.61. The number of fused-ring (bicyclic) bond motifs is 1. The van der Waals surface area contributed by atoms with Crippen LogP contribution in [0.1, 0.15) is 31.6 Å². The molecule has 104 valence electrons. The van der Waals surface area contributed by atoms with Crippen molar-refractivity contribution in [3.05, 3.63) is 16.2 Å². The van der Waals surface area contributed by atoms with Crippen LogP contribution in [0, 0.1) is 6.92 Å². The zero-order valence-corrected chi connectivity index (χ0v) is 12.9. The molecule has 1 unspecified atom stereocenters. The molecule has 0 spiro atoms. The second-order valence-electron chi connectivity index (χ2n) is 4.93. The molecule has 0 saturated heterocycles. The van der Waals surface area contributed by atoms with Gasteiger partial charge in [-0.05, 0) is 44.4 Å². The minimum Gasteiger partial charge on any atom is -0.396 e. The van der Waals surface area contributed by atoms with Crippen molar-refractivity contribution in [2.45, 2.75) is 39.2 Å². The molecule has 0 fully saturated rings. The van der Waals surface area contributed by atoms with Gasteiger partial charge in [0.2, 0.25) is 5.28 Å². The first-order chi connectivity index (χ1) is 8.97. The lowest BCUT2D eigenvalue weighted by Crippen LogP contribution is -2.35. The lowest BCUT2D eigenvalue weighted by molar-refractivity contribution is 0.252. The van der Waals surface area contributed by atoms with Gasteiger partial charge in [-0.1, -0.05) is 6.92 Å². The number of hydrogen-bond donors (Lipinski definition) is 2. The van der Waals surface area contributed by atoms with Crippen molar-refractivity contribution in [3.8, 4) is 0 Å². The van der Waals surface area contributed by atoms with E-state index in [-0.39, 0.29) is 17.4 Å². The average molecular weight is 300 g/mol. The summed E-state index contributed by atoms with van der Waals surface area (Å²) in [5.41, 5.74) is -0.199. The number of anilines is 1. The number of aromatic nitrogens is 2. The number of aliphatic hydroxyl groups excluding tert-OH is 1. The van der Waals surface area contributed by atoms with Crippen LogP contribution in [0.2, 0.25) is 5.28 Å². The lowest BCUT2D eigenvalue weighted by Gasteiger charge is -2.29. The Hall–Kier alpha value is -0.910. The van der Waals surface area contributed by atoms with Gasteiger partial charge in [-0.2, -0.15) is 0 Å². The SMILES string of the molecule is CCC(C)(CCO)Nc1nc(Cl)nc2sc(C)cc12. The number of rotatable bonds is 5. The number of thiophene rings is 1. The molecule has 2 rings (SSSR count). The number of aryl methyl sites for hydroxylation is 1. The number of halogens is 1. The highest BCUT2D eigenvalue weighted by molar-refractivity contribution is 7.18. The predicted molar refractivity (Wildman–Crippen MR) is 81.2 cm³/mol. The zero-order chi connectivity index (χ0) is 14.0. The van der Waals surface area contributed by atoms with Crippen LogP contribution in [0.25, 0.3) is 10.2 Å². The first-order valence-electron chi connectivity index (χ1n) is 6.30. The van der Waals surface area contributed by atoms with Crippen LogP contribution in [0.4, 0.5) is 5.82 Å². The summed E-state index contributed by atoms with van der Waals surface area (Å²) in [6.07, 6.45) is 1.55. The maximum atomic E-state index is 9.19. The Morgan fingerprint density at radius 2 is 2.21 bits per heavy atom. The van der Waals surface area contributed by atoms with E-state index in [0.717, 1.165) is 22.5 Å². The molecule has 0 saturated carbocycles. The third kappa shape index (κ3) is 3.16. The van der Waals surface area contributed by atoms with Crippen LogP contribution in [0.5, 0.6) is 0 Å². The van der Waals surface area contributed by atoms with E-state index in [1.807, 2.05) is 6.92 Å². The fourth-order valence-electron chi connectivity index (χ4n) is 1.97. The third-order valence-electron chi connectivity index (χ3n) is 3.35. The molecular formula is C13H18ClN3OS. The molecule has 0 aliphatic rings. The highest BCUT2D eigenvalue weighted by Gasteiger charge is 2.23. The summed E-state index contributed by atoms with van der Waals surface area (Å²) in [4.78, 5) is 10.6. The Balaban J connectivity index is 2.43. The highest BCUT2D eigenvalue weighted by atomic mass is 35.5. The summed E-state index contributed by atoms with van der Waals surface area (Å²) in [6.45, 7) is 6.34. The van der Waals surface area contributed by atoms with Crippen molar-refractivity contribution >= 4 is 39.0 Å². The topological polar surface area (TPSA) is 58.0 Å². The zero-order valence-electron chi connectivity index (χ0n) is 11.3. The Labute approximate surface area is 121 Å². The Kier molecular flexibility index (Phi) is 4.28. The summed E-state index contributed by atoms with van der Waals surface area (Å²) in [5.74, 6) is 0.747. The van der Waals surface area contributed by atoms with Crippen molar-refractivity contribution in [1.29, 1.82) is 0 Å². The minimum atomic E-state index is -0.199. The van der Waals surface area contributed by atoms with Gasteiger partial charge in [-0.15, -0.1) is 11.3 Å². The maximum Gasteiger partial charge on any atom is 0.225 e. The van der Waals surface area contributed by atoms with Crippen LogP contribution in [-0.2, 0) is 0 Å². The van der Waals surface area contributed by atoms with E-state index in [2.05, 4.69) is 35.2 Å². The van der Waals surface area contributed by atoms with Crippen LogP contribution in [0.15, 0.2) is 6.07 Å². The summed E-state index contributed by atoms with van der Waals surface area (Å²) >= 11 is 7.58. The quantitative estimate of drug-likeness (QED) is 0.828. The Morgan fingerprint density at radius 3 is 2.84 bits per heavy atom. The third-order valence-corrected chi connectivity index (χ3v) is 4.47. The van der Waals surface area contributed by atoms with E-state index in [1.54, 1.807) is 11.3 Å². The van der Waals surface area contributed by atoms with Gasteiger partial charge in [0, 0.05) is 17.0 Å². The van der Waals surface area contributed by atoms with Crippen LogP contribution >= 0.6 is 22.9 Å². The largest absolute Gasteiger partial charge is 0.396 e. The molecule has 4 nitrogen and oxygen atoms in total. The van der Waals surface area contributed by atoms with Gasteiger partial charge >= 0.3 is 0 Å². The number of nitrogens with zero attached hydrogens (tertiary/aromatic N) is 2. The summed E-state index contributed by atoms with van der Waals surface area (Å²) in [5, 5.41) is 13.8. The predicted octanol–water partition coefficient (Wildman–Crippen LogP) is 3.62. The molecule has 0 amide bonds. The molecular weight excluding hydrogens is 282 g/mol. The average Bonchev–Trinajstić information content (AvgIpc) is 2.70. The van der Waals surface area contributed by atoms with Crippen LogP contribution < -0.4 is 5.32 Å². The molecule has 2 aromatic heterocycles. The molecule has 0 aliphatic heterocycles. The van der Waals surface area contributed by atoms with Gasteiger partial charge in [0.25, 0.3) is 0 Å². The van der Waals surface area contributed by atoms with E-state index >= 15 is 0 Å². The van der Waals surface area contributed by atoms with Crippen molar-refractivity contribution in [2.75, 3.05) is 11.9 Å². The summed E-state index contributed by atoms with van der Waals surface area (Å²) in [7, 11) is 0. The van der Waals surface area contributed by atoms with Crippen LogP contribution in [0.3, 0.4) is 0 Å². The number of hydrogen-bond acceptors (Lipinski definition) is 5. The first-order valence-corrected chi connectivity index (χ1v) is 7.49. The molecule has 2 N–H and O–H groups in total. The van der Waals surface area contributed by atoms with E-state index < -0.39 is 0 Å².